The van der Waals surface area contributed by atoms with Gasteiger partial charge in [-0.15, -0.1) is 5.10 Å². The molecule has 2 aromatic heterocycles. The van der Waals surface area contributed by atoms with E-state index in [0.29, 0.717) is 6.54 Å². The van der Waals surface area contributed by atoms with Crippen molar-refractivity contribution < 1.29 is 4.90 Å². The molecule has 0 radical (unpaired) electrons. The van der Waals surface area contributed by atoms with E-state index >= 15 is 0 Å². The summed E-state index contributed by atoms with van der Waals surface area (Å²) in [4.78, 5) is 3.69. The summed E-state index contributed by atoms with van der Waals surface area (Å²) >= 11 is 5.79. The van der Waals surface area contributed by atoms with E-state index < -0.39 is 0 Å². The highest BCUT2D eigenvalue weighted by Gasteiger charge is 2.27. The fourth-order valence-corrected chi connectivity index (χ4v) is 4.41. The number of rotatable bonds is 8. The average Bonchev–Trinajstić information content (AvgIpc) is 3.14. The van der Waals surface area contributed by atoms with E-state index in [9.17, 15) is 0 Å². The molecule has 0 unspecified atom stereocenters. The molecule has 0 aliphatic carbocycles. The zero-order chi connectivity index (χ0) is 21.9. The lowest BCUT2D eigenvalue weighted by Crippen LogP contribution is -3.07. The second kappa shape index (κ2) is 9.22. The Morgan fingerprint density at radius 2 is 2.03 bits per heavy atom. The number of hydrogen-bond donors (Lipinski definition) is 2. The Kier molecular flexibility index (Phi) is 6.88. The number of pyridine rings is 1. The first-order valence-corrected chi connectivity index (χ1v) is 11.0. The summed E-state index contributed by atoms with van der Waals surface area (Å²) in [6, 6.07) is 8.54. The monoisotopic (exact) mass is 428 g/mol. The van der Waals surface area contributed by atoms with Crippen LogP contribution in [-0.2, 0) is 6.54 Å². The van der Waals surface area contributed by atoms with E-state index in [1.54, 1.807) is 0 Å². The number of aromatic nitrogens is 4. The normalized spacial score (nSPS) is 12.1. The maximum Gasteiger partial charge on any atom is 0.184 e. The van der Waals surface area contributed by atoms with Crippen LogP contribution < -0.4 is 10.2 Å². The summed E-state index contributed by atoms with van der Waals surface area (Å²) in [7, 11) is 4.38. The Morgan fingerprint density at radius 3 is 2.73 bits per heavy atom. The van der Waals surface area contributed by atoms with Crippen molar-refractivity contribution >= 4 is 33.9 Å². The van der Waals surface area contributed by atoms with Gasteiger partial charge < -0.3 is 15.1 Å². The number of quaternary nitrogens is 1. The van der Waals surface area contributed by atoms with Crippen LogP contribution in [0.5, 0.6) is 0 Å². The highest BCUT2D eigenvalue weighted by Crippen LogP contribution is 2.23. The van der Waals surface area contributed by atoms with Crippen LogP contribution in [0, 0.1) is 12.3 Å². The Labute approximate surface area is 184 Å². The number of tetrazole rings is 1. The predicted molar refractivity (Wildman–Crippen MR) is 126 cm³/mol. The van der Waals surface area contributed by atoms with Crippen LogP contribution in [0.3, 0.4) is 0 Å². The van der Waals surface area contributed by atoms with Crippen molar-refractivity contribution in [2.45, 2.75) is 40.7 Å². The van der Waals surface area contributed by atoms with Crippen molar-refractivity contribution in [1.29, 1.82) is 0 Å². The molecule has 30 heavy (non-hydrogen) atoms. The van der Waals surface area contributed by atoms with Crippen molar-refractivity contribution in [3.63, 3.8) is 0 Å². The number of aryl methyl sites for hydroxylation is 1. The van der Waals surface area contributed by atoms with Gasteiger partial charge in [0, 0.05) is 36.0 Å². The first-order valence-electron chi connectivity index (χ1n) is 10.6. The minimum atomic E-state index is 0.104. The highest BCUT2D eigenvalue weighted by atomic mass is 32.1. The molecule has 0 bridgehead atoms. The van der Waals surface area contributed by atoms with E-state index in [-0.39, 0.29) is 5.41 Å². The smallest absolute Gasteiger partial charge is 0.184 e. The number of hydrogen-bond acceptors (Lipinski definition) is 4. The van der Waals surface area contributed by atoms with Gasteiger partial charge in [0.2, 0.25) is 0 Å². The van der Waals surface area contributed by atoms with Crippen LogP contribution in [0.2, 0.25) is 0 Å². The number of nitrogens with one attached hydrogen (secondary N) is 2. The highest BCUT2D eigenvalue weighted by molar-refractivity contribution is 7.80. The predicted octanol–water partition coefficient (Wildman–Crippen LogP) is 1.84. The molecule has 162 valence electrons. The number of fused-ring (bicyclic) bond motifs is 3. The van der Waals surface area contributed by atoms with Gasteiger partial charge >= 0.3 is 0 Å². The van der Waals surface area contributed by atoms with Crippen molar-refractivity contribution in [3.8, 4) is 0 Å². The molecule has 0 spiro atoms. The van der Waals surface area contributed by atoms with Gasteiger partial charge in [0.15, 0.2) is 10.8 Å². The molecule has 3 rings (SSSR count). The minimum absolute atomic E-state index is 0.104. The Balaban J connectivity index is 1.99. The lowest BCUT2D eigenvalue weighted by Gasteiger charge is -2.34. The number of thiocarbonyl (C=S) groups is 1. The summed E-state index contributed by atoms with van der Waals surface area (Å²) < 4.78 is 1.83. The van der Waals surface area contributed by atoms with Gasteiger partial charge in [0.05, 0.1) is 26.2 Å². The first-order chi connectivity index (χ1) is 14.2. The van der Waals surface area contributed by atoms with E-state index in [1.807, 2.05) is 4.52 Å². The molecule has 0 amide bonds. The quantitative estimate of drug-likeness (QED) is 0.534. The standard InChI is InChI=1S/C22H33N7S/c1-7-10-23-21(30)28(15-22(3,4)14-27(5)6)13-18-12-17-11-16(2)8-9-19(17)29-20(18)24-25-26-29/h8-9,11-12H,7,10,13-15H2,1-6H3,(H,23,30)/p+1. The van der Waals surface area contributed by atoms with Gasteiger partial charge in [-0.2, -0.15) is 4.52 Å². The third-order valence-electron chi connectivity index (χ3n) is 5.12. The molecule has 3 aromatic rings. The minimum Gasteiger partial charge on any atom is -0.363 e. The molecule has 0 saturated heterocycles. The van der Waals surface area contributed by atoms with Gasteiger partial charge in [-0.1, -0.05) is 32.4 Å². The average molecular weight is 429 g/mol. The topological polar surface area (TPSA) is 62.8 Å². The van der Waals surface area contributed by atoms with E-state index in [0.717, 1.165) is 53.3 Å². The van der Waals surface area contributed by atoms with Crippen molar-refractivity contribution in [2.24, 2.45) is 5.41 Å². The molecular formula is C22H34N7S+. The molecule has 8 heteroatoms. The lowest BCUT2D eigenvalue weighted by atomic mass is 9.92. The molecule has 0 fully saturated rings. The maximum absolute atomic E-state index is 5.79. The zero-order valence-corrected chi connectivity index (χ0v) is 19.8. The van der Waals surface area contributed by atoms with Gasteiger partial charge in [-0.3, -0.25) is 0 Å². The zero-order valence-electron chi connectivity index (χ0n) is 19.0. The van der Waals surface area contributed by atoms with Crippen LogP contribution in [0.15, 0.2) is 24.3 Å². The van der Waals surface area contributed by atoms with E-state index in [1.165, 1.54) is 10.5 Å². The van der Waals surface area contributed by atoms with Crippen LogP contribution in [0.1, 0.15) is 38.3 Å². The molecular weight excluding hydrogens is 394 g/mol. The maximum atomic E-state index is 5.79. The number of nitrogens with zero attached hydrogens (tertiary/aromatic N) is 5. The molecule has 1 aromatic carbocycles. The fourth-order valence-electron chi connectivity index (χ4n) is 4.18. The van der Waals surface area contributed by atoms with Gasteiger partial charge in [-0.05, 0) is 54.2 Å². The molecule has 0 atom stereocenters. The van der Waals surface area contributed by atoms with Crippen LogP contribution >= 0.6 is 12.2 Å². The van der Waals surface area contributed by atoms with Crippen molar-refractivity contribution in [2.75, 3.05) is 33.7 Å². The van der Waals surface area contributed by atoms with E-state index in [4.69, 9.17) is 12.2 Å². The lowest BCUT2D eigenvalue weighted by molar-refractivity contribution is -0.865. The molecule has 7 nitrogen and oxygen atoms in total. The summed E-state index contributed by atoms with van der Waals surface area (Å²) in [6.45, 7) is 12.3. The third-order valence-corrected chi connectivity index (χ3v) is 5.53. The van der Waals surface area contributed by atoms with Gasteiger partial charge in [0.1, 0.15) is 0 Å². The largest absolute Gasteiger partial charge is 0.363 e. The summed E-state index contributed by atoms with van der Waals surface area (Å²) in [6.07, 6.45) is 1.03. The second-order valence-electron chi connectivity index (χ2n) is 9.28. The summed E-state index contributed by atoms with van der Waals surface area (Å²) in [5, 5.41) is 17.8. The molecule has 0 saturated carbocycles. The van der Waals surface area contributed by atoms with Crippen LogP contribution in [-0.4, -0.2) is 63.8 Å². The van der Waals surface area contributed by atoms with Crippen molar-refractivity contribution in [1.82, 2.24) is 30.3 Å². The Bertz CT molecular complexity index is 1020. The summed E-state index contributed by atoms with van der Waals surface area (Å²) in [5.74, 6) is 0. The fraction of sp³-hybridized carbons (Fsp3) is 0.545. The first kappa shape index (κ1) is 22.4. The van der Waals surface area contributed by atoms with Crippen LogP contribution in [0.4, 0.5) is 0 Å². The summed E-state index contributed by atoms with van der Waals surface area (Å²) in [5.41, 5.74) is 4.19. The van der Waals surface area contributed by atoms with Gasteiger partial charge in [0.25, 0.3) is 0 Å². The molecule has 2 N–H and O–H groups in total. The Hall–Kier alpha value is -2.32. The third kappa shape index (κ3) is 5.23. The van der Waals surface area contributed by atoms with Crippen LogP contribution in [0.25, 0.3) is 16.6 Å². The number of benzene rings is 1. The van der Waals surface area contributed by atoms with Gasteiger partial charge in [-0.25, -0.2) is 0 Å². The molecule has 0 aliphatic heterocycles. The second-order valence-corrected chi connectivity index (χ2v) is 9.67. The van der Waals surface area contributed by atoms with Crippen molar-refractivity contribution in [3.05, 3.63) is 35.4 Å². The SMILES string of the molecule is CCCNC(=S)N(Cc1cc2cc(C)ccc2n2nnnc12)CC(C)(C)C[NH+](C)C. The molecule has 0 aliphatic rings. The van der Waals surface area contributed by atoms with E-state index in [2.05, 4.69) is 91.8 Å². The molecule has 2 heterocycles. The Morgan fingerprint density at radius 1 is 1.27 bits per heavy atom.